The molecule has 1 aliphatic carbocycles. The van der Waals surface area contributed by atoms with Crippen LogP contribution in [0.15, 0.2) is 12.1 Å². The molecule has 3 heterocycles. The average molecular weight is 461 g/mol. The second-order valence-corrected chi connectivity index (χ2v) is 10.4. The van der Waals surface area contributed by atoms with Crippen molar-refractivity contribution in [2.75, 3.05) is 44.3 Å². The Morgan fingerprint density at radius 3 is 2.45 bits per heavy atom. The van der Waals surface area contributed by atoms with Crippen LogP contribution in [0.3, 0.4) is 0 Å². The zero-order valence-corrected chi connectivity index (χ0v) is 20.6. The molecule has 2 atom stereocenters. The van der Waals surface area contributed by atoms with Gasteiger partial charge in [0.15, 0.2) is 0 Å². The predicted octanol–water partition coefficient (Wildman–Crippen LogP) is 4.25. The van der Waals surface area contributed by atoms with Crippen LogP contribution in [0.5, 0.6) is 0 Å². The zero-order chi connectivity index (χ0) is 23.4. The fourth-order valence-corrected chi connectivity index (χ4v) is 5.97. The van der Waals surface area contributed by atoms with Gasteiger partial charge in [0, 0.05) is 51.5 Å². The summed E-state index contributed by atoms with van der Waals surface area (Å²) in [5.74, 6) is -0.0400. The molecule has 1 unspecified atom stereocenters. The number of hydrogen-bond acceptors (Lipinski definition) is 5. The van der Waals surface area contributed by atoms with E-state index < -0.39 is 5.95 Å². The predicted molar refractivity (Wildman–Crippen MR) is 129 cm³/mol. The van der Waals surface area contributed by atoms with Gasteiger partial charge in [-0.15, -0.1) is 0 Å². The Bertz CT molecular complexity index is 801. The summed E-state index contributed by atoms with van der Waals surface area (Å²) in [6.07, 6.45) is 7.99. The number of halogens is 1. The van der Waals surface area contributed by atoms with Crippen molar-refractivity contribution in [2.45, 2.75) is 77.8 Å². The number of piperazine rings is 1. The molecule has 184 valence electrons. The summed E-state index contributed by atoms with van der Waals surface area (Å²) in [5, 5.41) is 2.95. The smallest absolute Gasteiger partial charge is 0.270 e. The highest BCUT2D eigenvalue weighted by Crippen LogP contribution is 2.45. The molecule has 0 aromatic carbocycles. The number of hydrogen-bond donors (Lipinski definition) is 1. The first kappa shape index (κ1) is 24.4. The summed E-state index contributed by atoms with van der Waals surface area (Å²) in [6.45, 7) is 11.9. The van der Waals surface area contributed by atoms with E-state index in [9.17, 15) is 9.18 Å². The van der Waals surface area contributed by atoms with E-state index in [1.54, 1.807) is 12.1 Å². The van der Waals surface area contributed by atoms with Crippen LogP contribution in [0.1, 0.15) is 76.2 Å². The van der Waals surface area contributed by atoms with Crippen molar-refractivity contribution in [3.05, 3.63) is 23.8 Å². The first-order chi connectivity index (χ1) is 15.9. The molecule has 1 aromatic rings. The Morgan fingerprint density at radius 1 is 1.12 bits per heavy atom. The third kappa shape index (κ3) is 5.51. The Morgan fingerprint density at radius 2 is 1.82 bits per heavy atom. The van der Waals surface area contributed by atoms with E-state index in [1.165, 1.54) is 32.1 Å². The van der Waals surface area contributed by atoms with Crippen molar-refractivity contribution in [3.8, 4) is 0 Å². The van der Waals surface area contributed by atoms with E-state index in [4.69, 9.17) is 4.74 Å². The molecule has 0 bridgehead atoms. The van der Waals surface area contributed by atoms with Gasteiger partial charge in [-0.25, -0.2) is 4.98 Å². The number of pyridine rings is 1. The number of anilines is 1. The van der Waals surface area contributed by atoms with Crippen LogP contribution in [0.2, 0.25) is 0 Å². The van der Waals surface area contributed by atoms with E-state index in [1.807, 2.05) is 0 Å². The van der Waals surface area contributed by atoms with E-state index in [2.05, 4.69) is 40.9 Å². The molecular weight excluding hydrogens is 419 g/mol. The largest absolute Gasteiger partial charge is 0.381 e. The number of aromatic nitrogens is 1. The van der Waals surface area contributed by atoms with Gasteiger partial charge in [0.2, 0.25) is 5.95 Å². The van der Waals surface area contributed by atoms with Crippen LogP contribution in [-0.4, -0.2) is 67.3 Å². The molecule has 1 aromatic heterocycles. The Kier molecular flexibility index (Phi) is 7.90. The minimum atomic E-state index is -0.550. The quantitative estimate of drug-likeness (QED) is 0.617. The van der Waals surface area contributed by atoms with Gasteiger partial charge in [-0.3, -0.25) is 9.69 Å². The number of nitrogens with zero attached hydrogens (tertiary/aromatic N) is 3. The lowest BCUT2D eigenvalue weighted by Gasteiger charge is -2.40. The lowest BCUT2D eigenvalue weighted by atomic mass is 9.72. The van der Waals surface area contributed by atoms with Gasteiger partial charge in [0.1, 0.15) is 5.69 Å². The zero-order valence-electron chi connectivity index (χ0n) is 20.6. The lowest BCUT2D eigenvalue weighted by Crippen LogP contribution is -2.50. The maximum absolute atomic E-state index is 14.9. The number of amides is 1. The van der Waals surface area contributed by atoms with Crippen LogP contribution < -0.4 is 10.2 Å². The van der Waals surface area contributed by atoms with Gasteiger partial charge in [-0.2, -0.15) is 4.39 Å². The van der Waals surface area contributed by atoms with Crippen molar-refractivity contribution in [3.63, 3.8) is 0 Å². The Hall–Kier alpha value is -1.73. The highest BCUT2D eigenvalue weighted by molar-refractivity contribution is 5.92. The Balaban J connectivity index is 1.30. The van der Waals surface area contributed by atoms with Crippen LogP contribution in [0.4, 0.5) is 10.1 Å². The van der Waals surface area contributed by atoms with Gasteiger partial charge in [-0.05, 0) is 55.6 Å². The topological polar surface area (TPSA) is 57.7 Å². The minimum absolute atomic E-state index is 0.0755. The molecule has 4 rings (SSSR count). The van der Waals surface area contributed by atoms with Gasteiger partial charge < -0.3 is 15.0 Å². The van der Waals surface area contributed by atoms with Crippen molar-refractivity contribution in [1.82, 2.24) is 15.2 Å². The summed E-state index contributed by atoms with van der Waals surface area (Å²) in [5.41, 5.74) is 1.11. The second-order valence-electron chi connectivity index (χ2n) is 10.4. The van der Waals surface area contributed by atoms with Gasteiger partial charge >= 0.3 is 0 Å². The van der Waals surface area contributed by atoms with E-state index in [0.717, 1.165) is 44.9 Å². The molecular formula is C26H41FN4O2. The average Bonchev–Trinajstić information content (AvgIpc) is 3.35. The van der Waals surface area contributed by atoms with Gasteiger partial charge in [-0.1, -0.05) is 33.6 Å². The van der Waals surface area contributed by atoms with Crippen LogP contribution in [-0.2, 0) is 4.74 Å². The second kappa shape index (κ2) is 10.7. The van der Waals surface area contributed by atoms with Gasteiger partial charge in [0.05, 0.1) is 5.69 Å². The molecule has 0 spiro atoms. The van der Waals surface area contributed by atoms with Crippen molar-refractivity contribution >= 4 is 11.6 Å². The van der Waals surface area contributed by atoms with Crippen molar-refractivity contribution < 1.29 is 13.9 Å². The third-order valence-electron chi connectivity index (χ3n) is 8.80. The van der Waals surface area contributed by atoms with Crippen LogP contribution in [0.25, 0.3) is 0 Å². The molecule has 1 N–H and O–H groups in total. The fourth-order valence-electron chi connectivity index (χ4n) is 5.97. The standard InChI is InChI=1S/C26H41FN4O2/c1-4-26(3,5-2)19-6-7-21(18-19)30-12-14-31(15-13-30)23-9-8-22(29-24(23)27)25(32)28-20-10-16-33-17-11-20/h8-9,19-21H,4-7,10-18H2,1-3H3,(H,28,32)/t19?,21-/m1/s1. The summed E-state index contributed by atoms with van der Waals surface area (Å²) in [7, 11) is 0. The monoisotopic (exact) mass is 460 g/mol. The SMILES string of the molecule is CCC(C)(CC)C1CC[C@@H](N2CCN(c3ccc(C(=O)NC4CCOCC4)nc3F)CC2)C1. The molecule has 3 aliphatic rings. The molecule has 2 aliphatic heterocycles. The number of rotatable bonds is 7. The number of carbonyl (C=O) groups is 1. The maximum Gasteiger partial charge on any atom is 0.270 e. The summed E-state index contributed by atoms with van der Waals surface area (Å²) < 4.78 is 20.2. The summed E-state index contributed by atoms with van der Waals surface area (Å²) in [6, 6.07) is 4.11. The number of nitrogens with one attached hydrogen (secondary N) is 1. The molecule has 7 heteroatoms. The van der Waals surface area contributed by atoms with Crippen LogP contribution in [0, 0.1) is 17.3 Å². The summed E-state index contributed by atoms with van der Waals surface area (Å²) >= 11 is 0. The molecule has 2 saturated heterocycles. The number of ether oxygens (including phenoxy) is 1. The fraction of sp³-hybridized carbons (Fsp3) is 0.769. The third-order valence-corrected chi connectivity index (χ3v) is 8.80. The summed E-state index contributed by atoms with van der Waals surface area (Å²) in [4.78, 5) is 21.2. The highest BCUT2D eigenvalue weighted by atomic mass is 19.1. The minimum Gasteiger partial charge on any atom is -0.381 e. The highest BCUT2D eigenvalue weighted by Gasteiger charge is 2.39. The first-order valence-corrected chi connectivity index (χ1v) is 13.0. The molecule has 1 saturated carbocycles. The van der Waals surface area contributed by atoms with E-state index >= 15 is 0 Å². The van der Waals surface area contributed by atoms with E-state index in [0.29, 0.717) is 30.4 Å². The first-order valence-electron chi connectivity index (χ1n) is 13.0. The number of carbonyl (C=O) groups excluding carboxylic acids is 1. The van der Waals surface area contributed by atoms with Gasteiger partial charge in [0.25, 0.3) is 5.91 Å². The van der Waals surface area contributed by atoms with E-state index in [-0.39, 0.29) is 17.6 Å². The normalized spacial score (nSPS) is 25.4. The maximum atomic E-state index is 14.9. The molecule has 6 nitrogen and oxygen atoms in total. The molecule has 3 fully saturated rings. The molecule has 1 amide bonds. The van der Waals surface area contributed by atoms with Crippen molar-refractivity contribution in [1.29, 1.82) is 0 Å². The molecule has 33 heavy (non-hydrogen) atoms. The van der Waals surface area contributed by atoms with Crippen molar-refractivity contribution in [2.24, 2.45) is 11.3 Å². The van der Waals surface area contributed by atoms with Crippen LogP contribution >= 0.6 is 0 Å². The Labute approximate surface area is 198 Å². The lowest BCUT2D eigenvalue weighted by molar-refractivity contribution is 0.0693. The molecule has 0 radical (unpaired) electrons.